The van der Waals surface area contributed by atoms with Crippen LogP contribution in [0.15, 0.2) is 42.5 Å². The molecule has 1 amide bonds. The largest absolute Gasteiger partial charge is 0.481 e. The number of ether oxygens (including phenoxy) is 1. The van der Waals surface area contributed by atoms with E-state index in [0.717, 1.165) is 22.4 Å². The zero-order chi connectivity index (χ0) is 17.0. The van der Waals surface area contributed by atoms with Crippen LogP contribution in [0.4, 0.5) is 0 Å². The summed E-state index contributed by atoms with van der Waals surface area (Å²) in [6, 6.07) is 14.1. The summed E-state index contributed by atoms with van der Waals surface area (Å²) in [5, 5.41) is 3.00. The second-order valence-corrected chi connectivity index (χ2v) is 6.22. The first-order valence-corrected chi connectivity index (χ1v) is 7.97. The number of nitrogens with one attached hydrogen (secondary N) is 1. The lowest BCUT2D eigenvalue weighted by molar-refractivity contribution is -0.127. The highest BCUT2D eigenvalue weighted by molar-refractivity contribution is 5.81. The quantitative estimate of drug-likeness (QED) is 0.896. The van der Waals surface area contributed by atoms with Crippen molar-refractivity contribution in [3.8, 4) is 5.75 Å². The molecule has 0 aliphatic heterocycles. The number of hydrogen-bond acceptors (Lipinski definition) is 2. The highest BCUT2D eigenvalue weighted by atomic mass is 16.5. The zero-order valence-corrected chi connectivity index (χ0v) is 14.5. The van der Waals surface area contributed by atoms with Gasteiger partial charge in [-0.05, 0) is 63.4 Å². The summed E-state index contributed by atoms with van der Waals surface area (Å²) in [6.07, 6.45) is -0.538. The summed E-state index contributed by atoms with van der Waals surface area (Å²) in [5.41, 5.74) is 4.54. The van der Waals surface area contributed by atoms with Gasteiger partial charge in [-0.3, -0.25) is 4.79 Å². The van der Waals surface area contributed by atoms with E-state index >= 15 is 0 Å². The topological polar surface area (TPSA) is 38.3 Å². The van der Waals surface area contributed by atoms with E-state index in [4.69, 9.17) is 4.74 Å². The van der Waals surface area contributed by atoms with Crippen LogP contribution in [0.1, 0.15) is 42.1 Å². The fraction of sp³-hybridized carbons (Fsp3) is 0.350. The van der Waals surface area contributed by atoms with Crippen molar-refractivity contribution in [1.82, 2.24) is 5.32 Å². The Morgan fingerprint density at radius 1 is 0.913 bits per heavy atom. The first-order valence-electron chi connectivity index (χ1n) is 7.97. The summed E-state index contributed by atoms with van der Waals surface area (Å²) in [4.78, 5) is 12.3. The third kappa shape index (κ3) is 4.85. The van der Waals surface area contributed by atoms with Crippen LogP contribution in [0.25, 0.3) is 0 Å². The molecule has 0 unspecified atom stereocenters. The molecule has 2 atom stereocenters. The van der Waals surface area contributed by atoms with Crippen molar-refractivity contribution >= 4 is 5.91 Å². The first kappa shape index (κ1) is 17.1. The van der Waals surface area contributed by atoms with Crippen LogP contribution in [0.2, 0.25) is 0 Å². The zero-order valence-electron chi connectivity index (χ0n) is 14.5. The van der Waals surface area contributed by atoms with Gasteiger partial charge in [0.05, 0.1) is 6.04 Å². The Labute approximate surface area is 138 Å². The van der Waals surface area contributed by atoms with Crippen LogP contribution >= 0.6 is 0 Å². The van der Waals surface area contributed by atoms with Crippen LogP contribution in [0.5, 0.6) is 5.75 Å². The molecule has 0 radical (unpaired) electrons. The molecular formula is C20H25NO2. The van der Waals surface area contributed by atoms with Crippen molar-refractivity contribution in [3.63, 3.8) is 0 Å². The molecule has 0 aromatic heterocycles. The van der Waals surface area contributed by atoms with E-state index in [2.05, 4.69) is 11.4 Å². The van der Waals surface area contributed by atoms with Gasteiger partial charge in [-0.2, -0.15) is 0 Å². The van der Waals surface area contributed by atoms with E-state index in [1.165, 1.54) is 5.56 Å². The summed E-state index contributed by atoms with van der Waals surface area (Å²) in [7, 11) is 0. The number of amides is 1. The molecule has 0 saturated carbocycles. The molecule has 0 fully saturated rings. The Morgan fingerprint density at radius 2 is 1.48 bits per heavy atom. The maximum atomic E-state index is 12.3. The maximum Gasteiger partial charge on any atom is 0.261 e. The number of carbonyl (C=O) groups excluding carboxylic acids is 1. The minimum Gasteiger partial charge on any atom is -0.481 e. The van der Waals surface area contributed by atoms with Gasteiger partial charge < -0.3 is 10.1 Å². The maximum absolute atomic E-state index is 12.3. The molecule has 2 aromatic rings. The van der Waals surface area contributed by atoms with Gasteiger partial charge in [0.15, 0.2) is 6.10 Å². The van der Waals surface area contributed by atoms with Gasteiger partial charge in [0, 0.05) is 0 Å². The summed E-state index contributed by atoms with van der Waals surface area (Å²) < 4.78 is 5.78. The van der Waals surface area contributed by atoms with Gasteiger partial charge in [-0.25, -0.2) is 0 Å². The van der Waals surface area contributed by atoms with E-state index in [9.17, 15) is 4.79 Å². The van der Waals surface area contributed by atoms with Gasteiger partial charge in [0.25, 0.3) is 5.91 Å². The highest BCUT2D eigenvalue weighted by Gasteiger charge is 2.17. The predicted octanol–water partition coefficient (Wildman–Crippen LogP) is 4.26. The van der Waals surface area contributed by atoms with Gasteiger partial charge in [-0.1, -0.05) is 35.9 Å². The van der Waals surface area contributed by atoms with Crippen LogP contribution in [0.3, 0.4) is 0 Å². The van der Waals surface area contributed by atoms with Crippen LogP contribution in [-0.2, 0) is 4.79 Å². The predicted molar refractivity (Wildman–Crippen MR) is 93.7 cm³/mol. The van der Waals surface area contributed by atoms with E-state index in [0.29, 0.717) is 0 Å². The van der Waals surface area contributed by atoms with Crippen molar-refractivity contribution in [2.45, 2.75) is 46.8 Å². The van der Waals surface area contributed by atoms with Gasteiger partial charge in [0.2, 0.25) is 0 Å². The second kappa shape index (κ2) is 7.32. The Balaban J connectivity index is 1.97. The van der Waals surface area contributed by atoms with Crippen LogP contribution in [-0.4, -0.2) is 12.0 Å². The average molecular weight is 311 g/mol. The normalized spacial score (nSPS) is 13.3. The number of carbonyl (C=O) groups is 1. The van der Waals surface area contributed by atoms with Crippen molar-refractivity contribution in [1.29, 1.82) is 0 Å². The molecule has 3 nitrogen and oxygen atoms in total. The molecule has 2 aromatic carbocycles. The van der Waals surface area contributed by atoms with E-state index < -0.39 is 6.10 Å². The Hall–Kier alpha value is -2.29. The number of hydrogen-bond donors (Lipinski definition) is 1. The molecule has 23 heavy (non-hydrogen) atoms. The van der Waals surface area contributed by atoms with Crippen molar-refractivity contribution < 1.29 is 9.53 Å². The Kier molecular flexibility index (Phi) is 5.43. The van der Waals surface area contributed by atoms with E-state index in [1.807, 2.05) is 64.1 Å². The monoisotopic (exact) mass is 311 g/mol. The average Bonchev–Trinajstić information content (AvgIpc) is 2.46. The lowest BCUT2D eigenvalue weighted by Crippen LogP contribution is -2.37. The fourth-order valence-electron chi connectivity index (χ4n) is 2.53. The van der Waals surface area contributed by atoms with E-state index in [-0.39, 0.29) is 11.9 Å². The summed E-state index contributed by atoms with van der Waals surface area (Å²) >= 11 is 0. The second-order valence-electron chi connectivity index (χ2n) is 6.22. The van der Waals surface area contributed by atoms with E-state index in [1.54, 1.807) is 6.92 Å². The van der Waals surface area contributed by atoms with Crippen LogP contribution < -0.4 is 10.1 Å². The molecule has 0 aliphatic rings. The Morgan fingerprint density at radius 3 is 2.04 bits per heavy atom. The number of aryl methyl sites for hydroxylation is 3. The highest BCUT2D eigenvalue weighted by Crippen LogP contribution is 2.18. The summed E-state index contributed by atoms with van der Waals surface area (Å²) in [5.74, 6) is 0.616. The van der Waals surface area contributed by atoms with Crippen molar-refractivity contribution in [2.75, 3.05) is 0 Å². The molecule has 0 heterocycles. The minimum absolute atomic E-state index is 0.0478. The van der Waals surface area contributed by atoms with Crippen LogP contribution in [0, 0.1) is 20.8 Å². The smallest absolute Gasteiger partial charge is 0.261 e. The number of benzene rings is 2. The molecule has 1 N–H and O–H groups in total. The number of rotatable bonds is 5. The molecule has 122 valence electrons. The third-order valence-corrected chi connectivity index (χ3v) is 3.81. The van der Waals surface area contributed by atoms with Gasteiger partial charge >= 0.3 is 0 Å². The summed E-state index contributed by atoms with van der Waals surface area (Å²) in [6.45, 7) is 9.84. The third-order valence-electron chi connectivity index (χ3n) is 3.81. The van der Waals surface area contributed by atoms with Crippen molar-refractivity contribution in [3.05, 3.63) is 64.7 Å². The lowest BCUT2D eigenvalue weighted by atomic mass is 10.1. The molecule has 0 saturated heterocycles. The molecule has 2 rings (SSSR count). The molecule has 0 aliphatic carbocycles. The first-order chi connectivity index (χ1) is 10.8. The lowest BCUT2D eigenvalue weighted by Gasteiger charge is -2.19. The fourth-order valence-corrected chi connectivity index (χ4v) is 2.53. The SMILES string of the molecule is Cc1ccc([C@H](C)NC(=O)[C@H](C)Oc2cc(C)cc(C)c2)cc1. The van der Waals surface area contributed by atoms with Gasteiger partial charge in [0.1, 0.15) is 5.75 Å². The molecule has 0 spiro atoms. The molecule has 3 heteroatoms. The van der Waals surface area contributed by atoms with Gasteiger partial charge in [-0.15, -0.1) is 0 Å². The Bertz CT molecular complexity index is 656. The minimum atomic E-state index is -0.538. The molecular weight excluding hydrogens is 286 g/mol. The standard InChI is InChI=1S/C20H25NO2/c1-13-6-8-18(9-7-13)16(4)21-20(22)17(5)23-19-11-14(2)10-15(3)12-19/h6-12,16-17H,1-5H3,(H,21,22)/t16-,17-/m0/s1. The van der Waals surface area contributed by atoms with Crippen molar-refractivity contribution in [2.24, 2.45) is 0 Å². The molecule has 0 bridgehead atoms.